The third-order valence-electron chi connectivity index (χ3n) is 5.39. The van der Waals surface area contributed by atoms with Crippen molar-refractivity contribution < 1.29 is 9.53 Å². The first-order chi connectivity index (χ1) is 12.8. The Labute approximate surface area is 154 Å². The van der Waals surface area contributed by atoms with Gasteiger partial charge in [-0.2, -0.15) is 0 Å². The zero-order valence-corrected chi connectivity index (χ0v) is 15.1. The van der Waals surface area contributed by atoms with Crippen LogP contribution >= 0.6 is 0 Å². The van der Waals surface area contributed by atoms with E-state index in [0.29, 0.717) is 19.7 Å². The Bertz CT molecular complexity index is 763. The van der Waals surface area contributed by atoms with Crippen LogP contribution in [0.25, 0.3) is 0 Å². The van der Waals surface area contributed by atoms with Gasteiger partial charge in [0.25, 0.3) is 5.91 Å². The number of carbonyl (C=O) groups excluding carboxylic acids is 1. The Morgan fingerprint density at radius 2 is 2.08 bits per heavy atom. The minimum Gasteiger partial charge on any atom is -0.375 e. The van der Waals surface area contributed by atoms with E-state index >= 15 is 0 Å². The highest BCUT2D eigenvalue weighted by Crippen LogP contribution is 2.23. The van der Waals surface area contributed by atoms with Crippen molar-refractivity contribution >= 4 is 5.91 Å². The van der Waals surface area contributed by atoms with E-state index in [2.05, 4.69) is 22.1 Å². The van der Waals surface area contributed by atoms with Crippen molar-refractivity contribution in [1.82, 2.24) is 14.9 Å². The van der Waals surface area contributed by atoms with Gasteiger partial charge in [-0.3, -0.25) is 4.79 Å². The highest BCUT2D eigenvalue weighted by atomic mass is 16.5. The minimum atomic E-state index is 0.0697. The van der Waals surface area contributed by atoms with Gasteiger partial charge in [-0.05, 0) is 67.9 Å². The molecule has 1 aliphatic carbocycles. The smallest absolute Gasteiger partial charge is 0.254 e. The molecule has 1 saturated heterocycles. The largest absolute Gasteiger partial charge is 0.375 e. The quantitative estimate of drug-likeness (QED) is 0.850. The molecule has 26 heavy (non-hydrogen) atoms. The Balaban J connectivity index is 1.38. The van der Waals surface area contributed by atoms with Crippen LogP contribution in [0.15, 0.2) is 36.8 Å². The first-order valence-corrected chi connectivity index (χ1v) is 9.57. The summed E-state index contributed by atoms with van der Waals surface area (Å²) in [5.74, 6) is 0.133. The molecule has 2 aromatic rings. The third-order valence-corrected chi connectivity index (χ3v) is 5.39. The standard InChI is InChI=1S/C21H25N3O2/c25-21(18-6-5-16-3-1-2-4-17(16)13-18)24-11-12-26-20(14-24)8-7-19-9-10-22-15-23-19/h5-6,9-10,13,15,20H,1-4,7-8,11-12,14H2/t20-/m0/s1. The zero-order chi connectivity index (χ0) is 17.8. The van der Waals surface area contributed by atoms with Crippen LogP contribution in [-0.2, 0) is 24.0 Å². The van der Waals surface area contributed by atoms with E-state index in [1.165, 1.54) is 24.0 Å². The van der Waals surface area contributed by atoms with Gasteiger partial charge in [0.1, 0.15) is 6.33 Å². The molecule has 0 spiro atoms. The van der Waals surface area contributed by atoms with E-state index in [0.717, 1.165) is 36.9 Å². The zero-order valence-electron chi connectivity index (χ0n) is 15.1. The number of carbonyl (C=O) groups is 1. The van der Waals surface area contributed by atoms with Crippen molar-refractivity contribution in [3.05, 3.63) is 59.2 Å². The number of fused-ring (bicyclic) bond motifs is 1. The molecular weight excluding hydrogens is 326 g/mol. The SMILES string of the molecule is O=C(c1ccc2c(c1)CCCC2)N1CCO[C@@H](CCc2ccncn2)C1. The minimum absolute atomic E-state index is 0.0697. The number of benzene rings is 1. The molecule has 0 N–H and O–H groups in total. The van der Waals surface area contributed by atoms with Gasteiger partial charge < -0.3 is 9.64 Å². The van der Waals surface area contributed by atoms with Crippen LogP contribution < -0.4 is 0 Å². The monoisotopic (exact) mass is 351 g/mol. The lowest BCUT2D eigenvalue weighted by Crippen LogP contribution is -2.45. The lowest BCUT2D eigenvalue weighted by Gasteiger charge is -2.33. The highest BCUT2D eigenvalue weighted by molar-refractivity contribution is 5.94. The Hall–Kier alpha value is -2.27. The van der Waals surface area contributed by atoms with E-state index in [-0.39, 0.29) is 12.0 Å². The molecule has 1 atom stereocenters. The number of nitrogens with zero attached hydrogens (tertiary/aromatic N) is 3. The third kappa shape index (κ3) is 3.93. The van der Waals surface area contributed by atoms with Gasteiger partial charge in [0.2, 0.25) is 0 Å². The molecular formula is C21H25N3O2. The summed E-state index contributed by atoms with van der Waals surface area (Å²) in [6.07, 6.45) is 9.84. The van der Waals surface area contributed by atoms with Gasteiger partial charge >= 0.3 is 0 Å². The maximum Gasteiger partial charge on any atom is 0.254 e. The average Bonchev–Trinajstić information content (AvgIpc) is 2.72. The molecule has 0 bridgehead atoms. The second-order valence-electron chi connectivity index (χ2n) is 7.17. The first kappa shape index (κ1) is 17.2. The first-order valence-electron chi connectivity index (χ1n) is 9.57. The fraction of sp³-hybridized carbons (Fsp3) is 0.476. The number of aromatic nitrogens is 2. The molecule has 4 rings (SSSR count). The molecule has 1 amide bonds. The number of amides is 1. The van der Waals surface area contributed by atoms with Crippen molar-refractivity contribution in [1.29, 1.82) is 0 Å². The Morgan fingerprint density at radius 3 is 2.92 bits per heavy atom. The normalized spacial score (nSPS) is 19.8. The Morgan fingerprint density at radius 1 is 1.19 bits per heavy atom. The van der Waals surface area contributed by atoms with Crippen molar-refractivity contribution in [2.75, 3.05) is 19.7 Å². The van der Waals surface area contributed by atoms with Crippen molar-refractivity contribution in [3.63, 3.8) is 0 Å². The van der Waals surface area contributed by atoms with Crippen LogP contribution in [0.2, 0.25) is 0 Å². The van der Waals surface area contributed by atoms with Crippen LogP contribution in [0.1, 0.15) is 46.4 Å². The van der Waals surface area contributed by atoms with Gasteiger partial charge in [-0.1, -0.05) is 6.07 Å². The fourth-order valence-corrected chi connectivity index (χ4v) is 3.90. The Kier molecular flexibility index (Phi) is 5.25. The molecule has 136 valence electrons. The topological polar surface area (TPSA) is 55.3 Å². The molecule has 0 saturated carbocycles. The molecule has 1 aliphatic heterocycles. The van der Waals surface area contributed by atoms with Gasteiger partial charge in [0.15, 0.2) is 0 Å². The van der Waals surface area contributed by atoms with E-state index in [9.17, 15) is 4.79 Å². The average molecular weight is 351 g/mol. The number of hydrogen-bond acceptors (Lipinski definition) is 4. The lowest BCUT2D eigenvalue weighted by atomic mass is 9.90. The summed E-state index contributed by atoms with van der Waals surface area (Å²) in [4.78, 5) is 23.1. The summed E-state index contributed by atoms with van der Waals surface area (Å²) in [5, 5.41) is 0. The molecule has 1 fully saturated rings. The molecule has 5 nitrogen and oxygen atoms in total. The summed E-state index contributed by atoms with van der Waals surface area (Å²) in [6.45, 7) is 1.92. The van der Waals surface area contributed by atoms with Crippen molar-refractivity contribution in [3.8, 4) is 0 Å². The second-order valence-corrected chi connectivity index (χ2v) is 7.17. The van der Waals surface area contributed by atoms with Crippen LogP contribution in [0.3, 0.4) is 0 Å². The van der Waals surface area contributed by atoms with Gasteiger partial charge in [-0.15, -0.1) is 0 Å². The number of ether oxygens (including phenoxy) is 1. The van der Waals surface area contributed by atoms with Crippen LogP contribution in [0, 0.1) is 0 Å². The van der Waals surface area contributed by atoms with Crippen LogP contribution in [0.4, 0.5) is 0 Å². The number of hydrogen-bond donors (Lipinski definition) is 0. The molecule has 1 aromatic carbocycles. The maximum atomic E-state index is 13.0. The summed E-state index contributed by atoms with van der Waals surface area (Å²) < 4.78 is 5.87. The van der Waals surface area contributed by atoms with Crippen molar-refractivity contribution in [2.45, 2.75) is 44.6 Å². The van der Waals surface area contributed by atoms with E-state index in [1.54, 1.807) is 12.5 Å². The summed E-state index contributed by atoms with van der Waals surface area (Å²) in [6, 6.07) is 8.19. The van der Waals surface area contributed by atoms with Gasteiger partial charge in [0, 0.05) is 30.5 Å². The number of aryl methyl sites for hydroxylation is 3. The molecule has 1 aromatic heterocycles. The van der Waals surface area contributed by atoms with E-state index in [4.69, 9.17) is 4.74 Å². The molecule has 2 aliphatic rings. The molecule has 0 radical (unpaired) electrons. The van der Waals surface area contributed by atoms with E-state index < -0.39 is 0 Å². The van der Waals surface area contributed by atoms with E-state index in [1.807, 2.05) is 17.0 Å². The van der Waals surface area contributed by atoms with Gasteiger partial charge in [-0.25, -0.2) is 9.97 Å². The molecule has 5 heteroatoms. The van der Waals surface area contributed by atoms with Crippen molar-refractivity contribution in [2.24, 2.45) is 0 Å². The summed E-state index contributed by atoms with van der Waals surface area (Å²) in [7, 11) is 0. The summed E-state index contributed by atoms with van der Waals surface area (Å²) in [5.41, 5.74) is 4.61. The van der Waals surface area contributed by atoms with Crippen LogP contribution in [0.5, 0.6) is 0 Å². The number of morpholine rings is 1. The predicted molar refractivity (Wildman–Crippen MR) is 99.1 cm³/mol. The van der Waals surface area contributed by atoms with Crippen LogP contribution in [-0.4, -0.2) is 46.6 Å². The molecule has 2 heterocycles. The number of rotatable bonds is 4. The lowest BCUT2D eigenvalue weighted by molar-refractivity contribution is -0.0247. The molecule has 0 unspecified atom stereocenters. The second kappa shape index (κ2) is 7.96. The highest BCUT2D eigenvalue weighted by Gasteiger charge is 2.25. The fourth-order valence-electron chi connectivity index (χ4n) is 3.90. The predicted octanol–water partition coefficient (Wildman–Crippen LogP) is 2.83. The maximum absolute atomic E-state index is 13.0. The summed E-state index contributed by atoms with van der Waals surface area (Å²) >= 11 is 0. The van der Waals surface area contributed by atoms with Gasteiger partial charge in [0.05, 0.1) is 12.7 Å².